The van der Waals surface area contributed by atoms with Crippen LogP contribution in [0.1, 0.15) is 18.1 Å². The average Bonchev–Trinajstić information content (AvgIpc) is 2.15. The Balaban J connectivity index is 2.69. The van der Waals surface area contributed by atoms with Crippen LogP contribution in [0, 0.1) is 0 Å². The molecule has 1 amide bonds. The Morgan fingerprint density at radius 3 is 2.54 bits per heavy atom. The number of hydrogen-bond acceptors (Lipinski definition) is 2. The third kappa shape index (κ3) is 2.87. The molecule has 13 heavy (non-hydrogen) atoms. The van der Waals surface area contributed by atoms with E-state index in [9.17, 15) is 4.79 Å². The van der Waals surface area contributed by atoms with E-state index in [4.69, 9.17) is 5.73 Å². The molecular formula is C10H14N2O. The van der Waals surface area contributed by atoms with Crippen LogP contribution in [0.15, 0.2) is 24.3 Å². The van der Waals surface area contributed by atoms with E-state index in [1.165, 1.54) is 6.92 Å². The van der Waals surface area contributed by atoms with Crippen LogP contribution in [0.3, 0.4) is 0 Å². The fraction of sp³-hybridized carbons (Fsp3) is 0.300. The van der Waals surface area contributed by atoms with E-state index in [2.05, 4.69) is 5.32 Å². The van der Waals surface area contributed by atoms with Gasteiger partial charge in [-0.05, 0) is 11.1 Å². The number of carbonyl (C=O) groups excluding carboxylic acids is 1. The average molecular weight is 178 g/mol. The van der Waals surface area contributed by atoms with Crippen molar-refractivity contribution in [2.45, 2.75) is 20.0 Å². The van der Waals surface area contributed by atoms with Crippen molar-refractivity contribution in [2.75, 3.05) is 0 Å². The second kappa shape index (κ2) is 4.62. The van der Waals surface area contributed by atoms with Crippen molar-refractivity contribution in [3.63, 3.8) is 0 Å². The monoisotopic (exact) mass is 178 g/mol. The van der Waals surface area contributed by atoms with Crippen molar-refractivity contribution >= 4 is 5.91 Å². The van der Waals surface area contributed by atoms with E-state index in [-0.39, 0.29) is 5.91 Å². The van der Waals surface area contributed by atoms with Crippen LogP contribution in [0.5, 0.6) is 0 Å². The molecule has 3 heteroatoms. The van der Waals surface area contributed by atoms with Gasteiger partial charge in [-0.15, -0.1) is 0 Å². The number of carbonyl (C=O) groups is 1. The van der Waals surface area contributed by atoms with Gasteiger partial charge in [-0.3, -0.25) is 4.79 Å². The maximum Gasteiger partial charge on any atom is 0.217 e. The summed E-state index contributed by atoms with van der Waals surface area (Å²) in [7, 11) is 0. The first kappa shape index (κ1) is 9.74. The number of amides is 1. The minimum atomic E-state index is -0.0215. The first-order valence-corrected chi connectivity index (χ1v) is 4.25. The van der Waals surface area contributed by atoms with Crippen LogP contribution < -0.4 is 11.1 Å². The van der Waals surface area contributed by atoms with Gasteiger partial charge in [0.2, 0.25) is 5.91 Å². The standard InChI is InChI=1S/C10H14N2O/c1-8(13)12-7-10-5-3-2-4-9(10)6-11/h2-5H,6-7,11H2,1H3,(H,12,13). The number of benzene rings is 1. The maximum absolute atomic E-state index is 10.7. The van der Waals surface area contributed by atoms with Crippen LogP contribution in [-0.4, -0.2) is 5.91 Å². The van der Waals surface area contributed by atoms with E-state index in [1.807, 2.05) is 24.3 Å². The van der Waals surface area contributed by atoms with Gasteiger partial charge >= 0.3 is 0 Å². The first-order valence-electron chi connectivity index (χ1n) is 4.25. The van der Waals surface area contributed by atoms with E-state index < -0.39 is 0 Å². The van der Waals surface area contributed by atoms with Gasteiger partial charge in [0.1, 0.15) is 0 Å². The molecule has 0 saturated heterocycles. The first-order chi connectivity index (χ1) is 6.24. The molecule has 0 aliphatic heterocycles. The third-order valence-electron chi connectivity index (χ3n) is 1.87. The number of hydrogen-bond donors (Lipinski definition) is 2. The van der Waals surface area contributed by atoms with Crippen molar-refractivity contribution < 1.29 is 4.79 Å². The molecule has 0 aliphatic rings. The van der Waals surface area contributed by atoms with Crippen LogP contribution in [0.4, 0.5) is 0 Å². The number of nitrogens with one attached hydrogen (secondary N) is 1. The quantitative estimate of drug-likeness (QED) is 0.718. The summed E-state index contributed by atoms with van der Waals surface area (Å²) in [6, 6.07) is 7.82. The second-order valence-electron chi connectivity index (χ2n) is 2.88. The topological polar surface area (TPSA) is 55.1 Å². The predicted octanol–water partition coefficient (Wildman–Crippen LogP) is 0.781. The molecular weight excluding hydrogens is 164 g/mol. The minimum Gasteiger partial charge on any atom is -0.352 e. The summed E-state index contributed by atoms with van der Waals surface area (Å²) in [5.74, 6) is -0.0215. The summed E-state index contributed by atoms with van der Waals surface area (Å²) in [4.78, 5) is 10.7. The summed E-state index contributed by atoms with van der Waals surface area (Å²) in [5.41, 5.74) is 7.71. The van der Waals surface area contributed by atoms with Gasteiger partial charge in [-0.1, -0.05) is 24.3 Å². The largest absolute Gasteiger partial charge is 0.352 e. The van der Waals surface area contributed by atoms with Crippen LogP contribution in [0.25, 0.3) is 0 Å². The summed E-state index contributed by atoms with van der Waals surface area (Å²) < 4.78 is 0. The molecule has 0 unspecified atom stereocenters. The zero-order valence-electron chi connectivity index (χ0n) is 7.71. The van der Waals surface area contributed by atoms with Gasteiger partial charge in [0.05, 0.1) is 0 Å². The van der Waals surface area contributed by atoms with Gasteiger partial charge < -0.3 is 11.1 Å². The summed E-state index contributed by atoms with van der Waals surface area (Å²) in [6.45, 7) is 2.57. The molecule has 0 aliphatic carbocycles. The molecule has 0 bridgehead atoms. The molecule has 3 nitrogen and oxygen atoms in total. The van der Waals surface area contributed by atoms with Crippen LogP contribution >= 0.6 is 0 Å². The van der Waals surface area contributed by atoms with Crippen molar-refractivity contribution in [1.82, 2.24) is 5.32 Å². The van der Waals surface area contributed by atoms with Gasteiger partial charge in [0, 0.05) is 20.0 Å². The Bertz CT molecular complexity index is 297. The Hall–Kier alpha value is -1.35. The lowest BCUT2D eigenvalue weighted by Gasteiger charge is -2.07. The van der Waals surface area contributed by atoms with Gasteiger partial charge in [0.25, 0.3) is 0 Å². The second-order valence-corrected chi connectivity index (χ2v) is 2.88. The summed E-state index contributed by atoms with van der Waals surface area (Å²) in [6.07, 6.45) is 0. The van der Waals surface area contributed by atoms with Crippen LogP contribution in [-0.2, 0) is 17.9 Å². The SMILES string of the molecule is CC(=O)NCc1ccccc1CN. The number of rotatable bonds is 3. The van der Waals surface area contributed by atoms with Gasteiger partial charge in [0.15, 0.2) is 0 Å². The third-order valence-corrected chi connectivity index (χ3v) is 1.87. The zero-order valence-corrected chi connectivity index (χ0v) is 7.71. The van der Waals surface area contributed by atoms with Gasteiger partial charge in [-0.2, -0.15) is 0 Å². The molecule has 0 saturated carbocycles. The Morgan fingerprint density at radius 1 is 1.38 bits per heavy atom. The van der Waals surface area contributed by atoms with Gasteiger partial charge in [-0.25, -0.2) is 0 Å². The van der Waals surface area contributed by atoms with Crippen molar-refractivity contribution in [3.05, 3.63) is 35.4 Å². The molecule has 0 radical (unpaired) electrons. The predicted molar refractivity (Wildman–Crippen MR) is 51.9 cm³/mol. The lowest BCUT2D eigenvalue weighted by atomic mass is 10.1. The Kier molecular flexibility index (Phi) is 3.46. The number of nitrogens with two attached hydrogens (primary N) is 1. The Labute approximate surface area is 77.9 Å². The molecule has 0 aromatic heterocycles. The fourth-order valence-corrected chi connectivity index (χ4v) is 1.15. The molecule has 1 aromatic carbocycles. The highest BCUT2D eigenvalue weighted by Crippen LogP contribution is 2.06. The molecule has 3 N–H and O–H groups in total. The van der Waals surface area contributed by atoms with E-state index in [0.717, 1.165) is 11.1 Å². The lowest BCUT2D eigenvalue weighted by molar-refractivity contribution is -0.119. The Morgan fingerprint density at radius 2 is 2.00 bits per heavy atom. The molecule has 1 rings (SSSR count). The van der Waals surface area contributed by atoms with E-state index in [0.29, 0.717) is 13.1 Å². The molecule has 70 valence electrons. The highest BCUT2D eigenvalue weighted by atomic mass is 16.1. The highest BCUT2D eigenvalue weighted by molar-refractivity contribution is 5.72. The molecule has 0 heterocycles. The highest BCUT2D eigenvalue weighted by Gasteiger charge is 1.99. The van der Waals surface area contributed by atoms with E-state index in [1.54, 1.807) is 0 Å². The maximum atomic E-state index is 10.7. The van der Waals surface area contributed by atoms with Crippen molar-refractivity contribution in [2.24, 2.45) is 5.73 Å². The minimum absolute atomic E-state index is 0.0215. The normalized spacial score (nSPS) is 9.69. The molecule has 0 spiro atoms. The summed E-state index contributed by atoms with van der Waals surface area (Å²) >= 11 is 0. The molecule has 0 fully saturated rings. The summed E-state index contributed by atoms with van der Waals surface area (Å²) in [5, 5.41) is 2.74. The van der Waals surface area contributed by atoms with Crippen molar-refractivity contribution in [1.29, 1.82) is 0 Å². The lowest BCUT2D eigenvalue weighted by Crippen LogP contribution is -2.20. The fourth-order valence-electron chi connectivity index (χ4n) is 1.15. The smallest absolute Gasteiger partial charge is 0.217 e. The zero-order chi connectivity index (χ0) is 9.68. The van der Waals surface area contributed by atoms with Crippen molar-refractivity contribution in [3.8, 4) is 0 Å². The van der Waals surface area contributed by atoms with Crippen LogP contribution in [0.2, 0.25) is 0 Å². The van der Waals surface area contributed by atoms with E-state index >= 15 is 0 Å². The molecule has 0 atom stereocenters. The molecule has 1 aromatic rings.